The number of carbonyl (C=O) groups is 1. The lowest BCUT2D eigenvalue weighted by atomic mass is 9.80. The minimum atomic E-state index is -0.257. The summed E-state index contributed by atoms with van der Waals surface area (Å²) >= 11 is 0. The highest BCUT2D eigenvalue weighted by Gasteiger charge is 2.51. The van der Waals surface area contributed by atoms with Gasteiger partial charge in [0.15, 0.2) is 0 Å². The van der Waals surface area contributed by atoms with Crippen molar-refractivity contribution in [2.45, 2.75) is 31.1 Å². The zero-order valence-electron chi connectivity index (χ0n) is 9.78. The summed E-state index contributed by atoms with van der Waals surface area (Å²) in [6, 6.07) is 8.10. The molecule has 1 aromatic carbocycles. The Balaban J connectivity index is 2.16. The molecule has 0 N–H and O–H groups in total. The molecule has 1 aliphatic carbocycles. The summed E-state index contributed by atoms with van der Waals surface area (Å²) in [7, 11) is 0. The number of hydrogen-bond acceptors (Lipinski definition) is 1. The lowest BCUT2D eigenvalue weighted by Crippen LogP contribution is -2.38. The molecule has 0 aromatic heterocycles. The largest absolute Gasteiger partial charge is 0.300 e. The van der Waals surface area contributed by atoms with Gasteiger partial charge in [0, 0.05) is 5.69 Å². The third kappa shape index (κ3) is 1.26. The predicted molar refractivity (Wildman–Crippen MR) is 67.8 cm³/mol. The van der Waals surface area contributed by atoms with Crippen LogP contribution in [0.3, 0.4) is 0 Å². The SMILES string of the molecule is C#CCN1C(=O)C2(CCCC2)c2ccccc21. The first-order chi connectivity index (χ1) is 8.29. The van der Waals surface area contributed by atoms with E-state index in [2.05, 4.69) is 12.0 Å². The van der Waals surface area contributed by atoms with Crippen LogP contribution in [-0.2, 0) is 10.2 Å². The van der Waals surface area contributed by atoms with E-state index in [1.807, 2.05) is 18.2 Å². The molecule has 2 heteroatoms. The van der Waals surface area contributed by atoms with Crippen molar-refractivity contribution < 1.29 is 4.79 Å². The molecule has 1 spiro atoms. The van der Waals surface area contributed by atoms with Gasteiger partial charge in [-0.1, -0.05) is 37.0 Å². The minimum Gasteiger partial charge on any atom is -0.300 e. The van der Waals surface area contributed by atoms with Crippen LogP contribution in [0.15, 0.2) is 24.3 Å². The summed E-state index contributed by atoms with van der Waals surface area (Å²) < 4.78 is 0. The molecule has 17 heavy (non-hydrogen) atoms. The Kier molecular flexibility index (Phi) is 2.22. The number of amides is 1. The number of benzene rings is 1. The van der Waals surface area contributed by atoms with Gasteiger partial charge in [-0.05, 0) is 24.5 Å². The smallest absolute Gasteiger partial charge is 0.238 e. The highest BCUT2D eigenvalue weighted by atomic mass is 16.2. The van der Waals surface area contributed by atoms with Crippen LogP contribution < -0.4 is 4.90 Å². The van der Waals surface area contributed by atoms with Crippen LogP contribution in [0, 0.1) is 12.3 Å². The fraction of sp³-hybridized carbons (Fsp3) is 0.400. The van der Waals surface area contributed by atoms with E-state index in [1.54, 1.807) is 4.90 Å². The zero-order chi connectivity index (χ0) is 11.9. The highest BCUT2D eigenvalue weighted by Crippen LogP contribution is 2.50. The standard InChI is InChI=1S/C15H15NO/c1-2-11-16-13-8-4-3-7-12(13)15(14(16)17)9-5-6-10-15/h1,3-4,7-8H,5-6,9-11H2. The maximum atomic E-state index is 12.6. The number of anilines is 1. The van der Waals surface area contributed by atoms with Crippen LogP contribution in [-0.4, -0.2) is 12.5 Å². The molecule has 0 radical (unpaired) electrons. The Bertz CT molecular complexity index is 506. The molecule has 86 valence electrons. The Morgan fingerprint density at radius 3 is 2.71 bits per heavy atom. The number of para-hydroxylation sites is 1. The Hall–Kier alpha value is -1.75. The van der Waals surface area contributed by atoms with Gasteiger partial charge in [-0.15, -0.1) is 6.42 Å². The predicted octanol–water partition coefficient (Wildman–Crippen LogP) is 2.48. The molecule has 1 amide bonds. The van der Waals surface area contributed by atoms with Gasteiger partial charge in [0.25, 0.3) is 0 Å². The van der Waals surface area contributed by atoms with E-state index in [4.69, 9.17) is 6.42 Å². The third-order valence-corrected chi connectivity index (χ3v) is 4.07. The number of terminal acetylenes is 1. The van der Waals surface area contributed by atoms with Gasteiger partial charge in [-0.25, -0.2) is 0 Å². The first-order valence-corrected chi connectivity index (χ1v) is 6.14. The minimum absolute atomic E-state index is 0.217. The highest BCUT2D eigenvalue weighted by molar-refractivity contribution is 6.08. The molecule has 1 aromatic rings. The molecule has 1 aliphatic heterocycles. The van der Waals surface area contributed by atoms with E-state index in [0.717, 1.165) is 31.4 Å². The quantitative estimate of drug-likeness (QED) is 0.672. The van der Waals surface area contributed by atoms with Crippen molar-refractivity contribution in [2.24, 2.45) is 0 Å². The van der Waals surface area contributed by atoms with Crippen molar-refractivity contribution in [2.75, 3.05) is 11.4 Å². The second-order valence-electron chi connectivity index (χ2n) is 4.90. The number of hydrogen-bond donors (Lipinski definition) is 0. The summed E-state index contributed by atoms with van der Waals surface area (Å²) in [6.45, 7) is 0.387. The van der Waals surface area contributed by atoms with Gasteiger partial charge in [-0.3, -0.25) is 9.69 Å². The fourth-order valence-corrected chi connectivity index (χ4v) is 3.31. The molecule has 0 saturated heterocycles. The van der Waals surface area contributed by atoms with Crippen LogP contribution >= 0.6 is 0 Å². The average Bonchev–Trinajstić information content (AvgIpc) is 2.92. The van der Waals surface area contributed by atoms with E-state index >= 15 is 0 Å². The number of carbonyl (C=O) groups excluding carboxylic acids is 1. The van der Waals surface area contributed by atoms with Crippen molar-refractivity contribution in [1.29, 1.82) is 0 Å². The van der Waals surface area contributed by atoms with Crippen LogP contribution in [0.5, 0.6) is 0 Å². The molecule has 2 aliphatic rings. The summed E-state index contributed by atoms with van der Waals surface area (Å²) in [5.41, 5.74) is 1.96. The van der Waals surface area contributed by atoms with Gasteiger partial charge in [0.05, 0.1) is 12.0 Å². The molecular weight excluding hydrogens is 210 g/mol. The van der Waals surface area contributed by atoms with E-state index < -0.39 is 0 Å². The summed E-state index contributed by atoms with van der Waals surface area (Å²) in [4.78, 5) is 14.4. The first kappa shape index (κ1) is 10.4. The van der Waals surface area contributed by atoms with E-state index in [-0.39, 0.29) is 11.3 Å². The summed E-state index contributed by atoms with van der Waals surface area (Å²) in [6.07, 6.45) is 9.61. The summed E-state index contributed by atoms with van der Waals surface area (Å²) in [5.74, 6) is 2.81. The maximum absolute atomic E-state index is 12.6. The lowest BCUT2D eigenvalue weighted by molar-refractivity contribution is -0.122. The number of fused-ring (bicyclic) bond motifs is 2. The van der Waals surface area contributed by atoms with Gasteiger partial charge < -0.3 is 0 Å². The number of nitrogens with zero attached hydrogens (tertiary/aromatic N) is 1. The van der Waals surface area contributed by atoms with Gasteiger partial charge in [0.1, 0.15) is 0 Å². The molecule has 1 saturated carbocycles. The van der Waals surface area contributed by atoms with Gasteiger partial charge in [-0.2, -0.15) is 0 Å². The monoisotopic (exact) mass is 225 g/mol. The molecule has 0 atom stereocenters. The van der Waals surface area contributed by atoms with Crippen molar-refractivity contribution in [3.05, 3.63) is 29.8 Å². The van der Waals surface area contributed by atoms with Crippen molar-refractivity contribution in [3.63, 3.8) is 0 Å². The molecule has 1 heterocycles. The van der Waals surface area contributed by atoms with Crippen molar-refractivity contribution in [1.82, 2.24) is 0 Å². The Morgan fingerprint density at radius 2 is 2.00 bits per heavy atom. The molecular formula is C15H15NO. The first-order valence-electron chi connectivity index (χ1n) is 6.14. The van der Waals surface area contributed by atoms with Gasteiger partial charge in [0.2, 0.25) is 5.91 Å². The third-order valence-electron chi connectivity index (χ3n) is 4.07. The second kappa shape index (κ2) is 3.63. The zero-order valence-corrected chi connectivity index (χ0v) is 9.78. The molecule has 1 fully saturated rings. The molecule has 0 unspecified atom stereocenters. The maximum Gasteiger partial charge on any atom is 0.238 e. The van der Waals surface area contributed by atoms with E-state index in [0.29, 0.717) is 6.54 Å². The summed E-state index contributed by atoms with van der Waals surface area (Å²) in [5, 5.41) is 0. The topological polar surface area (TPSA) is 20.3 Å². The van der Waals surface area contributed by atoms with Crippen LogP contribution in [0.2, 0.25) is 0 Å². The van der Waals surface area contributed by atoms with Gasteiger partial charge >= 0.3 is 0 Å². The number of rotatable bonds is 1. The van der Waals surface area contributed by atoms with Crippen LogP contribution in [0.4, 0.5) is 5.69 Å². The normalized spacial score (nSPS) is 20.6. The molecule has 3 rings (SSSR count). The van der Waals surface area contributed by atoms with Crippen LogP contribution in [0.25, 0.3) is 0 Å². The molecule has 2 nitrogen and oxygen atoms in total. The van der Waals surface area contributed by atoms with E-state index in [9.17, 15) is 4.79 Å². The van der Waals surface area contributed by atoms with Crippen LogP contribution in [0.1, 0.15) is 31.2 Å². The van der Waals surface area contributed by atoms with Crippen molar-refractivity contribution in [3.8, 4) is 12.3 Å². The average molecular weight is 225 g/mol. The van der Waals surface area contributed by atoms with Crippen molar-refractivity contribution >= 4 is 11.6 Å². The lowest BCUT2D eigenvalue weighted by Gasteiger charge is -2.22. The second-order valence-corrected chi connectivity index (χ2v) is 4.90. The fourth-order valence-electron chi connectivity index (χ4n) is 3.31. The molecule has 0 bridgehead atoms. The Labute approximate surface area is 102 Å². The van der Waals surface area contributed by atoms with E-state index in [1.165, 1.54) is 5.56 Å². The Morgan fingerprint density at radius 1 is 1.29 bits per heavy atom.